The molecule has 17 heavy (non-hydrogen) atoms. The predicted molar refractivity (Wildman–Crippen MR) is 84.1 cm³/mol. The molecule has 1 unspecified atom stereocenters. The number of phenolic OH excluding ortho intramolecular Hbond substituents is 1. The average Bonchev–Trinajstić information content (AvgIpc) is 2.72. The van der Waals surface area contributed by atoms with Gasteiger partial charge in [-0.2, -0.15) is 0 Å². The second kappa shape index (κ2) is 6.03. The Morgan fingerprint density at radius 3 is 2.82 bits per heavy atom. The molecule has 0 amide bonds. The summed E-state index contributed by atoms with van der Waals surface area (Å²) >= 11 is 4.42. The van der Waals surface area contributed by atoms with Gasteiger partial charge in [-0.25, -0.2) is 0 Å². The lowest BCUT2D eigenvalue weighted by molar-refractivity contribution is 0.152. The second-order valence-corrected chi connectivity index (χ2v) is 6.75. The van der Waals surface area contributed by atoms with E-state index in [0.717, 1.165) is 38.6 Å². The summed E-state index contributed by atoms with van der Waals surface area (Å²) in [6, 6.07) is 4.24. The maximum atomic E-state index is 10.0. The monoisotopic (exact) mass is 459 g/mol. The van der Waals surface area contributed by atoms with Crippen LogP contribution < -0.4 is 0 Å². The average molecular weight is 459 g/mol. The van der Waals surface area contributed by atoms with Gasteiger partial charge in [-0.15, -0.1) is 0 Å². The van der Waals surface area contributed by atoms with Gasteiger partial charge in [0.1, 0.15) is 5.75 Å². The minimum atomic E-state index is 0.210. The fourth-order valence-corrected chi connectivity index (χ4v) is 4.23. The maximum absolute atomic E-state index is 10.0. The Labute approximate surface area is 128 Å². The van der Waals surface area contributed by atoms with Crippen LogP contribution in [0.4, 0.5) is 0 Å². The van der Waals surface area contributed by atoms with Gasteiger partial charge in [0.05, 0.1) is 10.2 Å². The zero-order valence-corrected chi connectivity index (χ0v) is 13.7. The number of benzene rings is 1. The molecule has 1 aliphatic rings. The third kappa shape index (κ3) is 3.24. The van der Waals surface area contributed by atoms with E-state index in [9.17, 15) is 10.2 Å². The molecule has 3 nitrogen and oxygen atoms in total. The van der Waals surface area contributed by atoms with Gasteiger partial charge in [0.25, 0.3) is 0 Å². The number of likely N-dealkylation sites (tertiary alicyclic amines) is 1. The fourth-order valence-electron chi connectivity index (χ4n) is 2.27. The van der Waals surface area contributed by atoms with Crippen molar-refractivity contribution in [1.29, 1.82) is 0 Å². The van der Waals surface area contributed by atoms with Crippen molar-refractivity contribution in [2.45, 2.75) is 25.4 Å². The van der Waals surface area contributed by atoms with E-state index < -0.39 is 0 Å². The van der Waals surface area contributed by atoms with Crippen LogP contribution in [0.15, 0.2) is 12.1 Å². The van der Waals surface area contributed by atoms with Crippen LogP contribution >= 0.6 is 45.2 Å². The lowest BCUT2D eigenvalue weighted by atomic mass is 10.1. The Morgan fingerprint density at radius 1 is 1.35 bits per heavy atom. The zero-order chi connectivity index (χ0) is 12.4. The van der Waals surface area contributed by atoms with Crippen molar-refractivity contribution in [2.75, 3.05) is 13.2 Å². The molecular formula is C12H15I2NO2. The molecule has 1 atom stereocenters. The molecule has 1 aliphatic heterocycles. The highest BCUT2D eigenvalue weighted by molar-refractivity contribution is 14.1. The van der Waals surface area contributed by atoms with Crippen molar-refractivity contribution in [1.82, 2.24) is 4.90 Å². The molecule has 0 bridgehead atoms. The summed E-state index contributed by atoms with van der Waals surface area (Å²) in [7, 11) is 0. The molecule has 0 aliphatic carbocycles. The van der Waals surface area contributed by atoms with Crippen LogP contribution in [0.25, 0.3) is 0 Å². The molecular weight excluding hydrogens is 444 g/mol. The van der Waals surface area contributed by atoms with Gasteiger partial charge < -0.3 is 10.2 Å². The van der Waals surface area contributed by atoms with Gasteiger partial charge in [0.2, 0.25) is 0 Å². The van der Waals surface area contributed by atoms with Gasteiger partial charge in [-0.3, -0.25) is 4.90 Å². The van der Waals surface area contributed by atoms with Crippen molar-refractivity contribution in [3.63, 3.8) is 0 Å². The van der Waals surface area contributed by atoms with E-state index in [4.69, 9.17) is 0 Å². The van der Waals surface area contributed by atoms with Crippen molar-refractivity contribution in [3.8, 4) is 5.75 Å². The van der Waals surface area contributed by atoms with E-state index >= 15 is 0 Å². The molecule has 2 rings (SSSR count). The van der Waals surface area contributed by atoms with E-state index in [1.807, 2.05) is 12.1 Å². The summed E-state index contributed by atoms with van der Waals surface area (Å²) in [5.74, 6) is 0.384. The lowest BCUT2D eigenvalue weighted by Gasteiger charge is -2.23. The van der Waals surface area contributed by atoms with Crippen LogP contribution in [-0.4, -0.2) is 34.3 Å². The van der Waals surface area contributed by atoms with E-state index in [0.29, 0.717) is 5.75 Å². The minimum absolute atomic E-state index is 0.210. The number of hydrogen-bond acceptors (Lipinski definition) is 3. The zero-order valence-electron chi connectivity index (χ0n) is 9.37. The first kappa shape index (κ1) is 13.8. The van der Waals surface area contributed by atoms with Crippen molar-refractivity contribution in [3.05, 3.63) is 24.8 Å². The standard InChI is InChI=1S/C12H15I2NO2/c13-9-4-8(12(17)11(14)5-9)6-15-3-1-2-10(15)7-16/h4-5,10,16-17H,1-3,6-7H2. The van der Waals surface area contributed by atoms with Gasteiger partial charge in [-0.05, 0) is 76.7 Å². The Hall–Kier alpha value is 0.400. The molecule has 1 heterocycles. The summed E-state index contributed by atoms with van der Waals surface area (Å²) in [6.07, 6.45) is 2.19. The number of rotatable bonds is 3. The largest absolute Gasteiger partial charge is 0.507 e. The molecule has 5 heteroatoms. The fraction of sp³-hybridized carbons (Fsp3) is 0.500. The topological polar surface area (TPSA) is 43.7 Å². The summed E-state index contributed by atoms with van der Waals surface area (Å²) in [5, 5.41) is 19.3. The van der Waals surface area contributed by atoms with Gasteiger partial charge in [0, 0.05) is 21.7 Å². The van der Waals surface area contributed by atoms with Crippen molar-refractivity contribution in [2.24, 2.45) is 0 Å². The molecule has 0 aromatic heterocycles. The number of aromatic hydroxyl groups is 1. The van der Waals surface area contributed by atoms with Gasteiger partial charge >= 0.3 is 0 Å². The summed E-state index contributed by atoms with van der Waals surface area (Å²) < 4.78 is 2.03. The van der Waals surface area contributed by atoms with E-state index in [-0.39, 0.29) is 12.6 Å². The molecule has 1 aromatic carbocycles. The normalized spacial score (nSPS) is 21.0. The molecule has 0 saturated carbocycles. The summed E-state index contributed by atoms with van der Waals surface area (Å²) in [6.45, 7) is 1.94. The van der Waals surface area contributed by atoms with E-state index in [2.05, 4.69) is 50.1 Å². The number of halogens is 2. The highest BCUT2D eigenvalue weighted by Gasteiger charge is 2.24. The highest BCUT2D eigenvalue weighted by atomic mass is 127. The van der Waals surface area contributed by atoms with Crippen LogP contribution in [-0.2, 0) is 6.54 Å². The Bertz CT molecular complexity index is 412. The molecule has 94 valence electrons. The first-order valence-electron chi connectivity index (χ1n) is 5.63. The molecule has 2 N–H and O–H groups in total. The second-order valence-electron chi connectivity index (χ2n) is 4.34. The Kier molecular flexibility index (Phi) is 4.90. The van der Waals surface area contributed by atoms with E-state index in [1.165, 1.54) is 0 Å². The van der Waals surface area contributed by atoms with Crippen LogP contribution in [0.2, 0.25) is 0 Å². The van der Waals surface area contributed by atoms with Gasteiger partial charge in [-0.1, -0.05) is 0 Å². The van der Waals surface area contributed by atoms with E-state index in [1.54, 1.807) is 0 Å². The summed E-state index contributed by atoms with van der Waals surface area (Å²) in [5.41, 5.74) is 0.960. The number of hydrogen-bond donors (Lipinski definition) is 2. The quantitative estimate of drug-likeness (QED) is 0.684. The molecule has 1 saturated heterocycles. The number of aliphatic hydroxyl groups is 1. The van der Waals surface area contributed by atoms with Crippen molar-refractivity contribution < 1.29 is 10.2 Å². The first-order chi connectivity index (χ1) is 8.11. The third-order valence-electron chi connectivity index (χ3n) is 3.19. The number of aliphatic hydroxyl groups excluding tert-OH is 1. The number of nitrogens with zero attached hydrogens (tertiary/aromatic N) is 1. The summed E-state index contributed by atoms with van der Waals surface area (Å²) in [4.78, 5) is 2.25. The van der Waals surface area contributed by atoms with Gasteiger partial charge in [0.15, 0.2) is 0 Å². The molecule has 1 fully saturated rings. The third-order valence-corrected chi connectivity index (χ3v) is 4.64. The SMILES string of the molecule is OCC1CCCN1Cc1cc(I)cc(I)c1O. The number of phenols is 1. The Morgan fingerprint density at radius 2 is 2.12 bits per heavy atom. The van der Waals surface area contributed by atoms with Crippen LogP contribution in [0, 0.1) is 7.14 Å². The van der Waals surface area contributed by atoms with Crippen LogP contribution in [0.3, 0.4) is 0 Å². The smallest absolute Gasteiger partial charge is 0.133 e. The van der Waals surface area contributed by atoms with Crippen LogP contribution in [0.5, 0.6) is 5.75 Å². The lowest BCUT2D eigenvalue weighted by Crippen LogP contribution is -2.31. The van der Waals surface area contributed by atoms with Crippen molar-refractivity contribution >= 4 is 45.2 Å². The maximum Gasteiger partial charge on any atom is 0.133 e. The molecule has 1 aromatic rings. The Balaban J connectivity index is 2.18. The minimum Gasteiger partial charge on any atom is -0.507 e. The molecule has 0 radical (unpaired) electrons. The highest BCUT2D eigenvalue weighted by Crippen LogP contribution is 2.30. The molecule has 0 spiro atoms. The van der Waals surface area contributed by atoms with Crippen LogP contribution in [0.1, 0.15) is 18.4 Å². The predicted octanol–water partition coefficient (Wildman–Crippen LogP) is 2.56. The first-order valence-corrected chi connectivity index (χ1v) is 7.79.